The maximum absolute atomic E-state index is 12.6. The van der Waals surface area contributed by atoms with E-state index in [9.17, 15) is 19.7 Å². The van der Waals surface area contributed by atoms with Gasteiger partial charge in [0.25, 0.3) is 17.5 Å². The van der Waals surface area contributed by atoms with Crippen LogP contribution in [0.1, 0.15) is 20.9 Å². The van der Waals surface area contributed by atoms with E-state index in [0.717, 1.165) is 0 Å². The lowest BCUT2D eigenvalue weighted by Crippen LogP contribution is -2.13. The van der Waals surface area contributed by atoms with E-state index >= 15 is 0 Å². The molecule has 1 heterocycles. The molecule has 0 aliphatic rings. The van der Waals surface area contributed by atoms with Gasteiger partial charge in [0.1, 0.15) is 5.76 Å². The van der Waals surface area contributed by atoms with Gasteiger partial charge in [-0.25, -0.2) is 0 Å². The Morgan fingerprint density at radius 1 is 0.848 bits per heavy atom. The van der Waals surface area contributed by atoms with E-state index in [0.29, 0.717) is 16.9 Å². The fourth-order valence-corrected chi connectivity index (χ4v) is 3.34. The highest BCUT2D eigenvalue weighted by molar-refractivity contribution is 6.34. The molecule has 3 aromatic carbocycles. The van der Waals surface area contributed by atoms with Gasteiger partial charge in [-0.1, -0.05) is 41.9 Å². The van der Waals surface area contributed by atoms with Gasteiger partial charge in [0.05, 0.1) is 21.2 Å². The molecule has 0 aliphatic carbocycles. The molecule has 0 atom stereocenters. The summed E-state index contributed by atoms with van der Waals surface area (Å²) in [5.74, 6) is -0.699. The second kappa shape index (κ2) is 9.37. The van der Waals surface area contributed by atoms with Crippen molar-refractivity contribution in [2.75, 3.05) is 10.6 Å². The zero-order chi connectivity index (χ0) is 23.4. The average Bonchev–Trinajstić information content (AvgIpc) is 3.32. The second-order valence-electron chi connectivity index (χ2n) is 6.91. The molecule has 2 N–H and O–H groups in total. The Morgan fingerprint density at radius 2 is 1.58 bits per heavy atom. The number of hydrogen-bond acceptors (Lipinski definition) is 5. The van der Waals surface area contributed by atoms with Crippen molar-refractivity contribution in [1.29, 1.82) is 0 Å². The summed E-state index contributed by atoms with van der Waals surface area (Å²) in [6.07, 6.45) is 0. The molecule has 0 saturated heterocycles. The number of anilines is 2. The largest absolute Gasteiger partial charge is 0.451 e. The number of amides is 2. The summed E-state index contributed by atoms with van der Waals surface area (Å²) < 4.78 is 5.54. The summed E-state index contributed by atoms with van der Waals surface area (Å²) in [6, 6.07) is 22.3. The first kappa shape index (κ1) is 21.8. The van der Waals surface area contributed by atoms with E-state index in [1.165, 1.54) is 24.3 Å². The van der Waals surface area contributed by atoms with Crippen LogP contribution >= 0.6 is 11.6 Å². The number of halogens is 1. The van der Waals surface area contributed by atoms with Crippen LogP contribution in [0.15, 0.2) is 89.3 Å². The SMILES string of the molecule is O=C(Nc1ccc(NC(=O)c2ccc(-c3ccccc3[N+](=O)[O-])o2)cc1Cl)c1ccccc1. The van der Waals surface area contributed by atoms with Gasteiger partial charge in [-0.05, 0) is 48.5 Å². The fraction of sp³-hybridized carbons (Fsp3) is 0. The first-order valence-corrected chi connectivity index (χ1v) is 10.1. The lowest BCUT2D eigenvalue weighted by molar-refractivity contribution is -0.384. The molecule has 0 fully saturated rings. The first-order chi connectivity index (χ1) is 15.9. The summed E-state index contributed by atoms with van der Waals surface area (Å²) >= 11 is 6.27. The summed E-state index contributed by atoms with van der Waals surface area (Å²) in [6.45, 7) is 0. The molecule has 2 amide bonds. The van der Waals surface area contributed by atoms with Crippen molar-refractivity contribution in [3.05, 3.63) is 111 Å². The van der Waals surface area contributed by atoms with Gasteiger partial charge in [0.2, 0.25) is 0 Å². The van der Waals surface area contributed by atoms with E-state index in [2.05, 4.69) is 10.6 Å². The summed E-state index contributed by atoms with van der Waals surface area (Å²) in [7, 11) is 0. The zero-order valence-corrected chi connectivity index (χ0v) is 17.7. The number of nitro benzene ring substituents is 1. The lowest BCUT2D eigenvalue weighted by atomic mass is 10.1. The van der Waals surface area contributed by atoms with Crippen molar-refractivity contribution in [3.8, 4) is 11.3 Å². The highest BCUT2D eigenvalue weighted by Gasteiger charge is 2.19. The third-order valence-corrected chi connectivity index (χ3v) is 5.02. The highest BCUT2D eigenvalue weighted by atomic mass is 35.5. The summed E-state index contributed by atoms with van der Waals surface area (Å²) in [5.41, 5.74) is 1.39. The van der Waals surface area contributed by atoms with Crippen LogP contribution in [0.3, 0.4) is 0 Å². The molecule has 0 saturated carbocycles. The van der Waals surface area contributed by atoms with E-state index in [1.54, 1.807) is 54.6 Å². The van der Waals surface area contributed by atoms with Crippen molar-refractivity contribution in [2.24, 2.45) is 0 Å². The number of nitro groups is 1. The minimum Gasteiger partial charge on any atom is -0.451 e. The Kier molecular flexibility index (Phi) is 6.19. The number of benzene rings is 3. The van der Waals surface area contributed by atoms with Crippen molar-refractivity contribution in [2.45, 2.75) is 0 Å². The molecule has 0 unspecified atom stereocenters. The van der Waals surface area contributed by atoms with E-state index in [-0.39, 0.29) is 33.7 Å². The molecule has 33 heavy (non-hydrogen) atoms. The lowest BCUT2D eigenvalue weighted by Gasteiger charge is -2.10. The highest BCUT2D eigenvalue weighted by Crippen LogP contribution is 2.31. The Balaban J connectivity index is 1.47. The van der Waals surface area contributed by atoms with E-state index in [1.807, 2.05) is 6.07 Å². The molecule has 1 aromatic heterocycles. The molecule has 8 nitrogen and oxygen atoms in total. The van der Waals surface area contributed by atoms with Crippen LogP contribution < -0.4 is 10.6 Å². The topological polar surface area (TPSA) is 114 Å². The molecule has 164 valence electrons. The first-order valence-electron chi connectivity index (χ1n) is 9.73. The molecule has 0 radical (unpaired) electrons. The van der Waals surface area contributed by atoms with Gasteiger partial charge in [0, 0.05) is 17.3 Å². The zero-order valence-electron chi connectivity index (χ0n) is 16.9. The van der Waals surface area contributed by atoms with Gasteiger partial charge in [-0.15, -0.1) is 0 Å². The summed E-state index contributed by atoms with van der Waals surface area (Å²) in [5, 5.41) is 16.8. The van der Waals surface area contributed by atoms with Crippen LogP contribution in [-0.4, -0.2) is 16.7 Å². The third kappa shape index (κ3) is 4.91. The Hall–Kier alpha value is -4.43. The minimum atomic E-state index is -0.558. The van der Waals surface area contributed by atoms with Crippen LogP contribution in [0.25, 0.3) is 11.3 Å². The normalized spacial score (nSPS) is 10.5. The van der Waals surface area contributed by atoms with Gasteiger partial charge < -0.3 is 15.1 Å². The number of para-hydroxylation sites is 1. The fourth-order valence-electron chi connectivity index (χ4n) is 3.12. The van der Waals surface area contributed by atoms with Gasteiger partial charge in [-0.3, -0.25) is 19.7 Å². The number of hydrogen-bond donors (Lipinski definition) is 2. The van der Waals surface area contributed by atoms with Crippen molar-refractivity contribution in [3.63, 3.8) is 0 Å². The second-order valence-corrected chi connectivity index (χ2v) is 7.31. The predicted molar refractivity (Wildman–Crippen MR) is 125 cm³/mol. The van der Waals surface area contributed by atoms with Crippen LogP contribution in [0.5, 0.6) is 0 Å². The third-order valence-electron chi connectivity index (χ3n) is 4.71. The van der Waals surface area contributed by atoms with Crippen molar-refractivity contribution in [1.82, 2.24) is 0 Å². The van der Waals surface area contributed by atoms with E-state index in [4.69, 9.17) is 16.0 Å². The van der Waals surface area contributed by atoms with Crippen LogP contribution in [0, 0.1) is 10.1 Å². The molecule has 0 spiro atoms. The minimum absolute atomic E-state index is 0.0271. The maximum atomic E-state index is 12.6. The Morgan fingerprint density at radius 3 is 2.30 bits per heavy atom. The molecule has 4 aromatic rings. The molecular formula is C24H16ClN3O5. The van der Waals surface area contributed by atoms with Gasteiger partial charge in [0.15, 0.2) is 5.76 Å². The van der Waals surface area contributed by atoms with Crippen molar-refractivity contribution < 1.29 is 18.9 Å². The molecule has 4 rings (SSSR count). The Bertz CT molecular complexity index is 1350. The number of nitrogens with zero attached hydrogens (tertiary/aromatic N) is 1. The predicted octanol–water partition coefficient (Wildman–Crippen LogP) is 6.01. The number of nitrogens with one attached hydrogen (secondary N) is 2. The van der Waals surface area contributed by atoms with Gasteiger partial charge >= 0.3 is 0 Å². The standard InChI is InChI=1S/C24H16ClN3O5/c25-18-14-16(10-11-19(18)27-23(29)15-6-2-1-3-7-15)26-24(30)22-13-12-21(33-22)17-8-4-5-9-20(17)28(31)32/h1-14H,(H,26,30)(H,27,29). The quantitative estimate of drug-likeness (QED) is 0.269. The van der Waals surface area contributed by atoms with Crippen LogP contribution in [0.2, 0.25) is 5.02 Å². The van der Waals surface area contributed by atoms with Gasteiger partial charge in [-0.2, -0.15) is 0 Å². The maximum Gasteiger partial charge on any atom is 0.291 e. The molecular weight excluding hydrogens is 446 g/mol. The molecule has 0 aliphatic heterocycles. The van der Waals surface area contributed by atoms with Crippen LogP contribution in [0.4, 0.5) is 17.1 Å². The average molecular weight is 462 g/mol. The van der Waals surface area contributed by atoms with Crippen LogP contribution in [-0.2, 0) is 0 Å². The number of furan rings is 1. The summed E-state index contributed by atoms with van der Waals surface area (Å²) in [4.78, 5) is 35.6. The molecule has 0 bridgehead atoms. The van der Waals surface area contributed by atoms with Crippen molar-refractivity contribution >= 4 is 40.5 Å². The molecule has 9 heteroatoms. The Labute approximate surface area is 193 Å². The smallest absolute Gasteiger partial charge is 0.291 e. The monoisotopic (exact) mass is 461 g/mol. The number of carbonyl (C=O) groups excluding carboxylic acids is 2. The number of carbonyl (C=O) groups is 2. The number of rotatable bonds is 6. The van der Waals surface area contributed by atoms with E-state index < -0.39 is 10.8 Å².